The Balaban J connectivity index is 2.11. The smallest absolute Gasteiger partial charge is 0.176 e. The van der Waals surface area contributed by atoms with Crippen LogP contribution in [0.3, 0.4) is 0 Å². The van der Waals surface area contributed by atoms with Gasteiger partial charge < -0.3 is 14.3 Å². The van der Waals surface area contributed by atoms with Gasteiger partial charge in [-0.15, -0.1) is 0 Å². The lowest BCUT2D eigenvalue weighted by atomic mass is 10.2. The highest BCUT2D eigenvalue weighted by molar-refractivity contribution is 9.10. The summed E-state index contributed by atoms with van der Waals surface area (Å²) in [6.45, 7) is 1.87. The van der Waals surface area contributed by atoms with E-state index in [-0.39, 0.29) is 0 Å². The fourth-order valence-corrected chi connectivity index (χ4v) is 2.42. The van der Waals surface area contributed by atoms with E-state index in [0.717, 1.165) is 41.5 Å². The molecule has 1 N–H and O–H groups in total. The van der Waals surface area contributed by atoms with E-state index in [1.165, 1.54) is 5.69 Å². The molecule has 4 nitrogen and oxygen atoms in total. The van der Waals surface area contributed by atoms with Gasteiger partial charge in [0.2, 0.25) is 0 Å². The van der Waals surface area contributed by atoms with Gasteiger partial charge in [0.1, 0.15) is 0 Å². The van der Waals surface area contributed by atoms with E-state index < -0.39 is 0 Å². The van der Waals surface area contributed by atoms with Crippen LogP contribution in [0.25, 0.3) is 11.6 Å². The third kappa shape index (κ3) is 1.51. The number of nitrogens with one attached hydrogen (secondary N) is 1. The van der Waals surface area contributed by atoms with Crippen LogP contribution >= 0.6 is 15.9 Å². The average molecular weight is 282 g/mol. The second kappa shape index (κ2) is 3.75. The van der Waals surface area contributed by atoms with Crippen LogP contribution in [0.15, 0.2) is 21.2 Å². The van der Waals surface area contributed by atoms with Gasteiger partial charge in [-0.3, -0.25) is 0 Å². The van der Waals surface area contributed by atoms with Crippen molar-refractivity contribution in [1.82, 2.24) is 14.9 Å². The molecule has 2 aromatic heterocycles. The standard InChI is InChI=1S/C11H12BrN3O/c1-15-8-4-5-13-6-7(8)14-11(15)9-2-3-10(12)16-9/h2-3,13H,4-6H2,1H3. The molecule has 3 rings (SSSR count). The molecule has 0 saturated heterocycles. The Hall–Kier alpha value is -1.07. The minimum absolute atomic E-state index is 0.738. The maximum atomic E-state index is 5.54. The van der Waals surface area contributed by atoms with Crippen molar-refractivity contribution < 1.29 is 4.42 Å². The van der Waals surface area contributed by atoms with E-state index in [1.807, 2.05) is 19.2 Å². The zero-order chi connectivity index (χ0) is 11.1. The Morgan fingerprint density at radius 2 is 2.38 bits per heavy atom. The fourth-order valence-electron chi connectivity index (χ4n) is 2.11. The van der Waals surface area contributed by atoms with Crippen LogP contribution in [0.5, 0.6) is 0 Å². The van der Waals surface area contributed by atoms with E-state index >= 15 is 0 Å². The summed E-state index contributed by atoms with van der Waals surface area (Å²) in [6.07, 6.45) is 1.03. The normalized spacial score (nSPS) is 15.1. The lowest BCUT2D eigenvalue weighted by Crippen LogP contribution is -2.24. The number of furan rings is 1. The number of hydrogen-bond acceptors (Lipinski definition) is 3. The molecule has 0 spiro atoms. The third-order valence-corrected chi connectivity index (χ3v) is 3.35. The van der Waals surface area contributed by atoms with E-state index in [9.17, 15) is 0 Å². The monoisotopic (exact) mass is 281 g/mol. The highest BCUT2D eigenvalue weighted by Crippen LogP contribution is 2.26. The Morgan fingerprint density at radius 3 is 3.06 bits per heavy atom. The topological polar surface area (TPSA) is 43.0 Å². The van der Waals surface area contributed by atoms with Crippen LogP contribution in [0.4, 0.5) is 0 Å². The van der Waals surface area contributed by atoms with Crippen molar-refractivity contribution in [2.45, 2.75) is 13.0 Å². The van der Waals surface area contributed by atoms with Crippen molar-refractivity contribution in [1.29, 1.82) is 0 Å². The van der Waals surface area contributed by atoms with Crippen molar-refractivity contribution >= 4 is 15.9 Å². The Bertz CT molecular complexity index is 529. The van der Waals surface area contributed by atoms with E-state index in [1.54, 1.807) is 0 Å². The van der Waals surface area contributed by atoms with Gasteiger partial charge in [0.05, 0.1) is 5.69 Å². The van der Waals surface area contributed by atoms with Crippen LogP contribution < -0.4 is 5.32 Å². The van der Waals surface area contributed by atoms with Crippen molar-refractivity contribution in [2.75, 3.05) is 6.54 Å². The summed E-state index contributed by atoms with van der Waals surface area (Å²) in [5.41, 5.74) is 2.44. The van der Waals surface area contributed by atoms with E-state index in [2.05, 4.69) is 30.8 Å². The molecule has 5 heteroatoms. The van der Waals surface area contributed by atoms with Crippen molar-refractivity contribution in [3.8, 4) is 11.6 Å². The number of halogens is 1. The molecular weight excluding hydrogens is 270 g/mol. The molecule has 1 aliphatic rings. The predicted octanol–water partition coefficient (Wildman–Crippen LogP) is 2.09. The molecule has 0 unspecified atom stereocenters. The van der Waals surface area contributed by atoms with Crippen LogP contribution in [-0.4, -0.2) is 16.1 Å². The SMILES string of the molecule is Cn1c(-c2ccc(Br)o2)nc2c1CCNC2. The minimum Gasteiger partial charge on any atom is -0.446 e. The van der Waals surface area contributed by atoms with Gasteiger partial charge in [-0.25, -0.2) is 4.98 Å². The molecule has 3 heterocycles. The molecule has 84 valence electrons. The highest BCUT2D eigenvalue weighted by Gasteiger charge is 2.19. The van der Waals surface area contributed by atoms with Crippen LogP contribution in [0.2, 0.25) is 0 Å². The summed E-state index contributed by atoms with van der Waals surface area (Å²) in [7, 11) is 2.04. The molecule has 0 atom stereocenters. The molecule has 0 aliphatic carbocycles. The lowest BCUT2D eigenvalue weighted by molar-refractivity contribution is 0.547. The maximum Gasteiger partial charge on any atom is 0.176 e. The Morgan fingerprint density at radius 1 is 1.50 bits per heavy atom. The quantitative estimate of drug-likeness (QED) is 0.871. The first kappa shape index (κ1) is 10.1. The van der Waals surface area contributed by atoms with Gasteiger partial charge in [0.15, 0.2) is 16.3 Å². The summed E-state index contributed by atoms with van der Waals surface area (Å²) in [5, 5.41) is 3.32. The maximum absolute atomic E-state index is 5.54. The first-order valence-corrected chi connectivity index (χ1v) is 6.06. The number of imidazole rings is 1. The van der Waals surface area contributed by atoms with Gasteiger partial charge in [0.25, 0.3) is 0 Å². The number of hydrogen-bond donors (Lipinski definition) is 1. The average Bonchev–Trinajstić information content (AvgIpc) is 2.84. The number of fused-ring (bicyclic) bond motifs is 1. The molecule has 0 saturated carbocycles. The molecule has 0 amide bonds. The van der Waals surface area contributed by atoms with E-state index in [0.29, 0.717) is 0 Å². The lowest BCUT2D eigenvalue weighted by Gasteiger charge is -2.12. The predicted molar refractivity (Wildman–Crippen MR) is 64.0 cm³/mol. The number of nitrogens with zero attached hydrogens (tertiary/aromatic N) is 2. The molecule has 16 heavy (non-hydrogen) atoms. The first-order chi connectivity index (χ1) is 7.75. The summed E-state index contributed by atoms with van der Waals surface area (Å²) in [5.74, 6) is 1.71. The summed E-state index contributed by atoms with van der Waals surface area (Å²) >= 11 is 3.31. The van der Waals surface area contributed by atoms with E-state index in [4.69, 9.17) is 4.42 Å². The second-order valence-corrected chi connectivity index (χ2v) is 4.70. The summed E-state index contributed by atoms with van der Waals surface area (Å²) < 4.78 is 8.41. The second-order valence-electron chi connectivity index (χ2n) is 3.92. The number of aromatic nitrogens is 2. The van der Waals surface area contributed by atoms with Gasteiger partial charge in [-0.1, -0.05) is 0 Å². The van der Waals surface area contributed by atoms with Crippen LogP contribution in [0.1, 0.15) is 11.4 Å². The largest absolute Gasteiger partial charge is 0.446 e. The Labute approximate surface area is 102 Å². The summed E-state index contributed by atoms with van der Waals surface area (Å²) in [4.78, 5) is 4.62. The molecule has 0 bridgehead atoms. The minimum atomic E-state index is 0.738. The molecule has 1 aliphatic heterocycles. The fraction of sp³-hybridized carbons (Fsp3) is 0.364. The third-order valence-electron chi connectivity index (χ3n) is 2.92. The van der Waals surface area contributed by atoms with Gasteiger partial charge in [-0.2, -0.15) is 0 Å². The molecule has 2 aromatic rings. The van der Waals surface area contributed by atoms with Crippen molar-refractivity contribution in [3.63, 3.8) is 0 Å². The zero-order valence-electron chi connectivity index (χ0n) is 8.96. The van der Waals surface area contributed by atoms with Crippen LogP contribution in [-0.2, 0) is 20.0 Å². The Kier molecular flexibility index (Phi) is 2.37. The van der Waals surface area contributed by atoms with Crippen LogP contribution in [0, 0.1) is 0 Å². The molecule has 0 aromatic carbocycles. The summed E-state index contributed by atoms with van der Waals surface area (Å²) in [6, 6.07) is 3.83. The van der Waals surface area contributed by atoms with Gasteiger partial charge in [0, 0.05) is 32.3 Å². The van der Waals surface area contributed by atoms with Crippen molar-refractivity contribution in [3.05, 3.63) is 28.2 Å². The molecular formula is C11H12BrN3O. The van der Waals surface area contributed by atoms with Gasteiger partial charge in [-0.05, 0) is 28.1 Å². The highest BCUT2D eigenvalue weighted by atomic mass is 79.9. The molecule has 0 fully saturated rings. The zero-order valence-corrected chi connectivity index (χ0v) is 10.5. The van der Waals surface area contributed by atoms with Gasteiger partial charge >= 0.3 is 0 Å². The number of rotatable bonds is 1. The molecule has 0 radical (unpaired) electrons. The first-order valence-electron chi connectivity index (χ1n) is 5.26. The van der Waals surface area contributed by atoms with Crippen molar-refractivity contribution in [2.24, 2.45) is 7.05 Å².